The SMILES string of the molecule is Cc1ccc(-c2nc(N=Cc3ccco3)sc2-c2ccc([N+](=O)[O-])cc2)c(C)c1. The Balaban J connectivity index is 1.82. The summed E-state index contributed by atoms with van der Waals surface area (Å²) < 4.78 is 5.29. The van der Waals surface area contributed by atoms with Crippen molar-refractivity contribution in [1.29, 1.82) is 0 Å². The quantitative estimate of drug-likeness (QED) is 0.221. The average molecular weight is 403 g/mol. The summed E-state index contributed by atoms with van der Waals surface area (Å²) >= 11 is 1.44. The topological polar surface area (TPSA) is 81.5 Å². The van der Waals surface area contributed by atoms with Crippen LogP contribution in [0.5, 0.6) is 0 Å². The minimum absolute atomic E-state index is 0.0578. The van der Waals surface area contributed by atoms with Gasteiger partial charge in [-0.2, -0.15) is 0 Å². The molecule has 6 nitrogen and oxygen atoms in total. The Morgan fingerprint density at radius 1 is 1.14 bits per heavy atom. The molecular formula is C22H17N3O3S. The summed E-state index contributed by atoms with van der Waals surface area (Å²) in [5.74, 6) is 0.644. The van der Waals surface area contributed by atoms with E-state index in [1.807, 2.05) is 26.0 Å². The molecule has 0 N–H and O–H groups in total. The summed E-state index contributed by atoms with van der Waals surface area (Å²) in [6, 6.07) is 16.3. The van der Waals surface area contributed by atoms with E-state index in [1.165, 1.54) is 29.0 Å². The highest BCUT2D eigenvalue weighted by atomic mass is 32.1. The van der Waals surface area contributed by atoms with Gasteiger partial charge in [0.05, 0.1) is 28.0 Å². The van der Waals surface area contributed by atoms with Crippen LogP contribution in [0.15, 0.2) is 70.3 Å². The monoisotopic (exact) mass is 403 g/mol. The molecule has 7 heteroatoms. The standard InChI is InChI=1S/C22H17N3O3S/c1-14-5-10-19(15(2)12-14)20-21(16-6-8-17(9-7-16)25(26)27)29-22(24-20)23-13-18-4-3-11-28-18/h3-13H,1-2H3. The molecule has 0 radical (unpaired) electrons. The van der Waals surface area contributed by atoms with Crippen LogP contribution >= 0.6 is 11.3 Å². The number of thiazole rings is 1. The molecule has 0 aliphatic carbocycles. The summed E-state index contributed by atoms with van der Waals surface area (Å²) in [5, 5.41) is 11.6. The summed E-state index contributed by atoms with van der Waals surface area (Å²) in [6.07, 6.45) is 3.22. The molecule has 29 heavy (non-hydrogen) atoms. The summed E-state index contributed by atoms with van der Waals surface area (Å²) in [7, 11) is 0. The van der Waals surface area contributed by atoms with Gasteiger partial charge in [-0.25, -0.2) is 9.98 Å². The molecule has 2 aromatic heterocycles. The second-order valence-corrected chi connectivity index (χ2v) is 7.55. The molecule has 0 saturated heterocycles. The van der Waals surface area contributed by atoms with Crippen molar-refractivity contribution in [2.45, 2.75) is 13.8 Å². The van der Waals surface area contributed by atoms with Gasteiger partial charge in [0.25, 0.3) is 5.69 Å². The maximum absolute atomic E-state index is 11.0. The highest BCUT2D eigenvalue weighted by Gasteiger charge is 2.17. The highest BCUT2D eigenvalue weighted by Crippen LogP contribution is 2.41. The van der Waals surface area contributed by atoms with Gasteiger partial charge in [-0.3, -0.25) is 10.1 Å². The Kier molecular flexibility index (Phi) is 5.05. The van der Waals surface area contributed by atoms with Crippen LogP contribution in [0.1, 0.15) is 16.9 Å². The van der Waals surface area contributed by atoms with E-state index in [9.17, 15) is 10.1 Å². The van der Waals surface area contributed by atoms with Crippen LogP contribution in [0.25, 0.3) is 21.7 Å². The lowest BCUT2D eigenvalue weighted by atomic mass is 10.0. The number of benzene rings is 2. The minimum atomic E-state index is -0.402. The van der Waals surface area contributed by atoms with Crippen molar-refractivity contribution in [2.75, 3.05) is 0 Å². The van der Waals surface area contributed by atoms with Crippen LogP contribution in [-0.2, 0) is 0 Å². The van der Waals surface area contributed by atoms with Crippen LogP contribution in [0.2, 0.25) is 0 Å². The van der Waals surface area contributed by atoms with E-state index >= 15 is 0 Å². The molecule has 0 bridgehead atoms. The van der Waals surface area contributed by atoms with E-state index in [-0.39, 0.29) is 5.69 Å². The predicted molar refractivity (Wildman–Crippen MR) is 115 cm³/mol. The van der Waals surface area contributed by atoms with Crippen molar-refractivity contribution in [1.82, 2.24) is 4.98 Å². The smallest absolute Gasteiger partial charge is 0.269 e. The number of aliphatic imine (C=N–C) groups is 1. The normalized spacial score (nSPS) is 11.2. The first-order chi connectivity index (χ1) is 14.0. The van der Waals surface area contributed by atoms with Crippen molar-refractivity contribution < 1.29 is 9.34 Å². The Morgan fingerprint density at radius 3 is 2.59 bits per heavy atom. The molecule has 2 heterocycles. The Hall–Kier alpha value is -3.58. The number of nitro benzene ring substituents is 1. The molecule has 0 spiro atoms. The Labute approximate surface area is 171 Å². The van der Waals surface area contributed by atoms with Gasteiger partial charge in [-0.1, -0.05) is 35.1 Å². The van der Waals surface area contributed by atoms with E-state index in [0.29, 0.717) is 10.9 Å². The van der Waals surface area contributed by atoms with E-state index < -0.39 is 4.92 Å². The maximum atomic E-state index is 11.0. The first kappa shape index (κ1) is 18.8. The van der Waals surface area contributed by atoms with Gasteiger partial charge < -0.3 is 4.42 Å². The molecule has 0 aliphatic rings. The second-order valence-electron chi connectivity index (χ2n) is 6.57. The summed E-state index contributed by atoms with van der Waals surface area (Å²) in [5.41, 5.74) is 5.03. The number of non-ortho nitro benzene ring substituents is 1. The van der Waals surface area contributed by atoms with Crippen LogP contribution < -0.4 is 0 Å². The predicted octanol–water partition coefficient (Wildman–Crippen LogP) is 6.35. The minimum Gasteiger partial charge on any atom is -0.463 e. The van der Waals surface area contributed by atoms with E-state index in [1.54, 1.807) is 30.7 Å². The van der Waals surface area contributed by atoms with E-state index in [0.717, 1.165) is 27.3 Å². The zero-order valence-corrected chi connectivity index (χ0v) is 16.6. The number of aryl methyl sites for hydroxylation is 2. The average Bonchev–Trinajstić information content (AvgIpc) is 3.36. The molecule has 4 rings (SSSR count). The molecular weight excluding hydrogens is 386 g/mol. The van der Waals surface area contributed by atoms with Crippen molar-refractivity contribution in [2.24, 2.45) is 4.99 Å². The van der Waals surface area contributed by atoms with Crippen molar-refractivity contribution in [3.8, 4) is 21.7 Å². The number of hydrogen-bond acceptors (Lipinski definition) is 6. The molecule has 0 saturated carbocycles. The first-order valence-electron chi connectivity index (χ1n) is 8.92. The van der Waals surface area contributed by atoms with Gasteiger partial charge in [0.1, 0.15) is 5.76 Å². The fraction of sp³-hybridized carbons (Fsp3) is 0.0909. The zero-order valence-electron chi connectivity index (χ0n) is 15.8. The molecule has 144 valence electrons. The molecule has 0 fully saturated rings. The van der Waals surface area contributed by atoms with Gasteiger partial charge in [0.2, 0.25) is 5.13 Å². The summed E-state index contributed by atoms with van der Waals surface area (Å²) in [6.45, 7) is 4.10. The van der Waals surface area contributed by atoms with E-state index in [2.05, 4.69) is 17.1 Å². The molecule has 0 aliphatic heterocycles. The van der Waals surface area contributed by atoms with Crippen LogP contribution in [0.3, 0.4) is 0 Å². The largest absolute Gasteiger partial charge is 0.463 e. The fourth-order valence-electron chi connectivity index (χ4n) is 3.04. The number of hydrogen-bond donors (Lipinski definition) is 0. The van der Waals surface area contributed by atoms with Crippen LogP contribution in [-0.4, -0.2) is 16.1 Å². The first-order valence-corrected chi connectivity index (χ1v) is 9.74. The number of nitrogens with zero attached hydrogens (tertiary/aromatic N) is 3. The zero-order chi connectivity index (χ0) is 20.4. The lowest BCUT2D eigenvalue weighted by Crippen LogP contribution is -1.89. The molecule has 2 aromatic carbocycles. The van der Waals surface area contributed by atoms with Gasteiger partial charge in [-0.15, -0.1) is 0 Å². The molecule has 0 unspecified atom stereocenters. The highest BCUT2D eigenvalue weighted by molar-refractivity contribution is 7.19. The number of rotatable bonds is 5. The Morgan fingerprint density at radius 2 is 1.93 bits per heavy atom. The lowest BCUT2D eigenvalue weighted by molar-refractivity contribution is -0.384. The summed E-state index contributed by atoms with van der Waals surface area (Å²) in [4.78, 5) is 20.7. The third kappa shape index (κ3) is 4.00. The fourth-order valence-corrected chi connectivity index (χ4v) is 3.97. The maximum Gasteiger partial charge on any atom is 0.269 e. The number of nitro groups is 1. The van der Waals surface area contributed by atoms with Crippen LogP contribution in [0, 0.1) is 24.0 Å². The van der Waals surface area contributed by atoms with Crippen molar-refractivity contribution >= 4 is 28.4 Å². The van der Waals surface area contributed by atoms with Gasteiger partial charge in [-0.05, 0) is 49.2 Å². The van der Waals surface area contributed by atoms with Gasteiger partial charge >= 0.3 is 0 Å². The third-order valence-corrected chi connectivity index (χ3v) is 5.45. The van der Waals surface area contributed by atoms with E-state index in [4.69, 9.17) is 9.40 Å². The van der Waals surface area contributed by atoms with Gasteiger partial charge in [0.15, 0.2) is 0 Å². The van der Waals surface area contributed by atoms with Gasteiger partial charge in [0, 0.05) is 17.7 Å². The molecule has 0 atom stereocenters. The Bertz CT molecular complexity index is 1190. The lowest BCUT2D eigenvalue weighted by Gasteiger charge is -2.07. The second kappa shape index (κ2) is 7.81. The molecule has 0 amide bonds. The third-order valence-electron chi connectivity index (χ3n) is 4.44. The van der Waals surface area contributed by atoms with Crippen molar-refractivity contribution in [3.63, 3.8) is 0 Å². The van der Waals surface area contributed by atoms with Crippen molar-refractivity contribution in [3.05, 3.63) is 87.9 Å². The number of aromatic nitrogens is 1. The van der Waals surface area contributed by atoms with Crippen LogP contribution in [0.4, 0.5) is 10.8 Å². The molecule has 4 aromatic rings. The number of furan rings is 1.